The van der Waals surface area contributed by atoms with Crippen molar-refractivity contribution in [3.05, 3.63) is 69.9 Å². The van der Waals surface area contributed by atoms with E-state index < -0.39 is 23.9 Å². The Morgan fingerprint density at radius 3 is 2.70 bits per heavy atom. The van der Waals surface area contributed by atoms with E-state index in [4.69, 9.17) is 0 Å². The van der Waals surface area contributed by atoms with Gasteiger partial charge >= 0.3 is 0 Å². The van der Waals surface area contributed by atoms with Crippen molar-refractivity contribution in [2.24, 2.45) is 11.8 Å². The lowest BCUT2D eigenvalue weighted by atomic mass is 9.85. The van der Waals surface area contributed by atoms with E-state index in [2.05, 4.69) is 10.3 Å². The van der Waals surface area contributed by atoms with E-state index >= 15 is 0 Å². The van der Waals surface area contributed by atoms with E-state index in [1.54, 1.807) is 46.0 Å². The smallest absolute Gasteiger partial charge is 0.273 e. The molecule has 2 bridgehead atoms. The maximum atomic E-state index is 13.6. The van der Waals surface area contributed by atoms with Gasteiger partial charge in [-0.3, -0.25) is 19.4 Å². The fraction of sp³-hybridized carbons (Fsp3) is 0.440. The third kappa shape index (κ3) is 3.49. The van der Waals surface area contributed by atoms with Gasteiger partial charge in [-0.15, -0.1) is 0 Å². The molecule has 2 aliphatic heterocycles. The third-order valence-corrected chi connectivity index (χ3v) is 7.29. The third-order valence-electron chi connectivity index (χ3n) is 7.29. The Morgan fingerprint density at radius 2 is 2.06 bits per heavy atom. The molecule has 33 heavy (non-hydrogen) atoms. The number of nitrogens with zero attached hydrogens (tertiary/aromatic N) is 3. The minimum absolute atomic E-state index is 0.136. The number of rotatable bonds is 5. The zero-order valence-electron chi connectivity index (χ0n) is 18.6. The number of aromatic nitrogens is 2. The summed E-state index contributed by atoms with van der Waals surface area (Å²) in [7, 11) is 0. The maximum absolute atomic E-state index is 13.6. The number of nitrogens with one attached hydrogen (secondary N) is 1. The van der Waals surface area contributed by atoms with Crippen molar-refractivity contribution in [2.45, 2.75) is 50.9 Å². The molecule has 0 unspecified atom stereocenters. The Kier molecular flexibility index (Phi) is 5.62. The summed E-state index contributed by atoms with van der Waals surface area (Å²) in [6.45, 7) is 1.83. The number of pyridine rings is 2. The molecule has 1 aliphatic carbocycles. The minimum Gasteiger partial charge on any atom is -0.396 e. The first-order chi connectivity index (χ1) is 16.0. The topological polar surface area (TPSA) is 105 Å². The largest absolute Gasteiger partial charge is 0.396 e. The highest BCUT2D eigenvalue weighted by atomic mass is 16.3. The number of hydrogen-bond acceptors (Lipinski definition) is 5. The summed E-state index contributed by atoms with van der Waals surface area (Å²) < 4.78 is 1.67. The normalized spacial score (nSPS) is 26.2. The van der Waals surface area contributed by atoms with Gasteiger partial charge in [0.1, 0.15) is 5.69 Å². The molecule has 2 amide bonds. The van der Waals surface area contributed by atoms with Crippen LogP contribution in [0.1, 0.15) is 54.0 Å². The SMILES string of the molecule is CC=Cc1ccc2n(c1=O)C[C@H]1[C@H](CO)[C@@H](C(=O)NC3CCC3)[C@@H]2N1C(=O)c1ccccn1. The Bertz CT molecular complexity index is 1150. The van der Waals surface area contributed by atoms with Crippen LogP contribution in [0.15, 0.2) is 47.4 Å². The van der Waals surface area contributed by atoms with Gasteiger partial charge in [0.05, 0.1) is 18.0 Å². The van der Waals surface area contributed by atoms with Crippen molar-refractivity contribution in [3.8, 4) is 0 Å². The predicted molar refractivity (Wildman–Crippen MR) is 122 cm³/mol. The van der Waals surface area contributed by atoms with Gasteiger partial charge in [0.15, 0.2) is 0 Å². The summed E-state index contributed by atoms with van der Waals surface area (Å²) in [6, 6.07) is 7.71. The first-order valence-electron chi connectivity index (χ1n) is 11.6. The molecule has 2 fully saturated rings. The first kappa shape index (κ1) is 21.6. The van der Waals surface area contributed by atoms with Crippen LogP contribution in [0.25, 0.3) is 6.08 Å². The van der Waals surface area contributed by atoms with Crippen LogP contribution in [0.3, 0.4) is 0 Å². The second-order valence-electron chi connectivity index (χ2n) is 9.08. The first-order valence-corrected chi connectivity index (χ1v) is 11.6. The van der Waals surface area contributed by atoms with Crippen LogP contribution in [0, 0.1) is 11.8 Å². The molecule has 1 saturated heterocycles. The van der Waals surface area contributed by atoms with Crippen molar-refractivity contribution >= 4 is 17.9 Å². The van der Waals surface area contributed by atoms with Gasteiger partial charge in [0, 0.05) is 42.6 Å². The van der Waals surface area contributed by atoms with E-state index in [0.29, 0.717) is 11.3 Å². The van der Waals surface area contributed by atoms with Gasteiger partial charge in [0.2, 0.25) is 5.91 Å². The van der Waals surface area contributed by atoms with Gasteiger partial charge < -0.3 is 19.9 Å². The number of allylic oxidation sites excluding steroid dienone is 1. The molecule has 3 aliphatic rings. The quantitative estimate of drug-likeness (QED) is 0.725. The molecule has 2 N–H and O–H groups in total. The molecule has 4 atom stereocenters. The highest BCUT2D eigenvalue weighted by Gasteiger charge is 2.57. The minimum atomic E-state index is -0.650. The van der Waals surface area contributed by atoms with Gasteiger partial charge in [-0.1, -0.05) is 18.2 Å². The van der Waals surface area contributed by atoms with Crippen LogP contribution in [0.4, 0.5) is 0 Å². The molecule has 2 aromatic heterocycles. The fourth-order valence-corrected chi connectivity index (χ4v) is 5.48. The zero-order chi connectivity index (χ0) is 23.1. The van der Waals surface area contributed by atoms with E-state index in [0.717, 1.165) is 19.3 Å². The van der Waals surface area contributed by atoms with E-state index in [1.807, 2.05) is 19.1 Å². The van der Waals surface area contributed by atoms with Crippen LogP contribution >= 0.6 is 0 Å². The van der Waals surface area contributed by atoms with Crippen molar-refractivity contribution in [1.82, 2.24) is 19.8 Å². The molecule has 0 radical (unpaired) electrons. The molecule has 8 heteroatoms. The maximum Gasteiger partial charge on any atom is 0.273 e. The second-order valence-corrected chi connectivity index (χ2v) is 9.08. The van der Waals surface area contributed by atoms with Crippen LogP contribution in [0.2, 0.25) is 0 Å². The Morgan fingerprint density at radius 1 is 1.24 bits per heavy atom. The molecule has 0 aromatic carbocycles. The fourth-order valence-electron chi connectivity index (χ4n) is 5.48. The predicted octanol–water partition coefficient (Wildman–Crippen LogP) is 1.75. The summed E-state index contributed by atoms with van der Waals surface area (Å²) in [5, 5.41) is 13.5. The van der Waals surface area contributed by atoms with Gasteiger partial charge in [0.25, 0.3) is 11.5 Å². The van der Waals surface area contributed by atoms with E-state index in [-0.39, 0.29) is 42.3 Å². The van der Waals surface area contributed by atoms with E-state index in [9.17, 15) is 19.5 Å². The van der Waals surface area contributed by atoms with Crippen molar-refractivity contribution in [1.29, 1.82) is 0 Å². The highest BCUT2D eigenvalue weighted by Crippen LogP contribution is 2.49. The molecule has 5 rings (SSSR count). The molecule has 172 valence electrons. The van der Waals surface area contributed by atoms with Crippen LogP contribution in [0.5, 0.6) is 0 Å². The average Bonchev–Trinajstić information content (AvgIpc) is 3.05. The lowest BCUT2D eigenvalue weighted by Crippen LogP contribution is -2.49. The molecule has 4 heterocycles. The average molecular weight is 449 g/mol. The van der Waals surface area contributed by atoms with Crippen LogP contribution < -0.4 is 10.9 Å². The molecule has 1 saturated carbocycles. The number of carbonyl (C=O) groups is 2. The lowest BCUT2D eigenvalue weighted by molar-refractivity contribution is -0.128. The van der Waals surface area contributed by atoms with E-state index in [1.165, 1.54) is 0 Å². The molecule has 2 aromatic rings. The summed E-state index contributed by atoms with van der Waals surface area (Å²) in [6.07, 6.45) is 8.09. The molecule has 0 spiro atoms. The summed E-state index contributed by atoms with van der Waals surface area (Å²) in [5.41, 5.74) is 1.31. The van der Waals surface area contributed by atoms with Gasteiger partial charge in [-0.25, -0.2) is 0 Å². The standard InChI is InChI=1S/C25H28N4O4/c1-2-6-15-10-11-19-22-21(23(31)27-16-7-5-8-16)17(14-30)20(13-28(19)24(15)32)29(22)25(33)18-9-3-4-12-26-18/h2-4,6,9-12,16-17,20-22,30H,5,7-8,13-14H2,1H3,(H,27,31)/t17-,20-,21+,22+/m0/s1. The molecular formula is C25H28N4O4. The monoisotopic (exact) mass is 448 g/mol. The number of carbonyl (C=O) groups excluding carboxylic acids is 2. The Hall–Kier alpha value is -3.26. The van der Waals surface area contributed by atoms with Crippen LogP contribution in [-0.4, -0.2) is 50.1 Å². The summed E-state index contributed by atoms with van der Waals surface area (Å²) >= 11 is 0. The Balaban J connectivity index is 1.62. The zero-order valence-corrected chi connectivity index (χ0v) is 18.6. The molecule has 8 nitrogen and oxygen atoms in total. The Labute approximate surface area is 191 Å². The molecular weight excluding hydrogens is 420 g/mol. The highest BCUT2D eigenvalue weighted by molar-refractivity contribution is 5.94. The lowest BCUT2D eigenvalue weighted by Gasteiger charge is -2.38. The van der Waals surface area contributed by atoms with Gasteiger partial charge in [-0.2, -0.15) is 0 Å². The number of fused-ring (bicyclic) bond motifs is 4. The van der Waals surface area contributed by atoms with Crippen molar-refractivity contribution in [2.75, 3.05) is 6.61 Å². The number of amides is 2. The van der Waals surface area contributed by atoms with Gasteiger partial charge in [-0.05, 0) is 50.5 Å². The number of hydrogen-bond donors (Lipinski definition) is 2. The summed E-state index contributed by atoms with van der Waals surface area (Å²) in [4.78, 5) is 46.2. The van der Waals surface area contributed by atoms with Crippen molar-refractivity contribution in [3.63, 3.8) is 0 Å². The van der Waals surface area contributed by atoms with Crippen LogP contribution in [-0.2, 0) is 11.3 Å². The number of aliphatic hydroxyl groups excluding tert-OH is 1. The second kappa shape index (κ2) is 8.59. The number of aliphatic hydroxyl groups is 1. The van der Waals surface area contributed by atoms with Crippen molar-refractivity contribution < 1.29 is 14.7 Å². The summed E-state index contributed by atoms with van der Waals surface area (Å²) in [5.74, 6) is -1.58.